The fraction of sp³-hybridized carbons (Fsp3) is 0.520. The molecule has 0 aromatic heterocycles. The number of benzene rings is 2. The molecule has 2 aliphatic carbocycles. The van der Waals surface area contributed by atoms with Crippen LogP contribution in [0.4, 0.5) is 17.6 Å². The molecule has 1 heterocycles. The van der Waals surface area contributed by atoms with Crippen LogP contribution in [0.15, 0.2) is 42.5 Å². The molecule has 0 radical (unpaired) electrons. The van der Waals surface area contributed by atoms with E-state index in [-0.39, 0.29) is 11.0 Å². The maximum absolute atomic E-state index is 14.6. The summed E-state index contributed by atoms with van der Waals surface area (Å²) in [6.45, 7) is 1.52. The van der Waals surface area contributed by atoms with E-state index in [2.05, 4.69) is 29.6 Å². The zero-order valence-corrected chi connectivity index (χ0v) is 17.2. The van der Waals surface area contributed by atoms with Crippen molar-refractivity contribution in [3.63, 3.8) is 0 Å². The number of nitrogens with one attached hydrogen (secondary N) is 1. The van der Waals surface area contributed by atoms with Gasteiger partial charge in [-0.25, -0.2) is 4.39 Å². The molecule has 0 bridgehead atoms. The summed E-state index contributed by atoms with van der Waals surface area (Å²) in [4.78, 5) is 0. The van der Waals surface area contributed by atoms with Crippen LogP contribution in [0.5, 0.6) is 0 Å². The Morgan fingerprint density at radius 1 is 1.00 bits per heavy atom. The average molecular weight is 417 g/mol. The lowest BCUT2D eigenvalue weighted by Crippen LogP contribution is -2.46. The van der Waals surface area contributed by atoms with Crippen molar-refractivity contribution in [3.8, 4) is 0 Å². The summed E-state index contributed by atoms with van der Waals surface area (Å²) < 4.78 is 54.3. The minimum absolute atomic E-state index is 0.141. The molecule has 3 aliphatic rings. The number of alkyl halides is 4. The zero-order valence-electron chi connectivity index (χ0n) is 17.2. The smallest absolute Gasteiger partial charge is 0.313 e. The van der Waals surface area contributed by atoms with E-state index in [0.29, 0.717) is 19.4 Å². The highest BCUT2D eigenvalue weighted by Gasteiger charge is 2.54. The van der Waals surface area contributed by atoms with E-state index in [1.807, 2.05) is 0 Å². The van der Waals surface area contributed by atoms with Crippen LogP contribution >= 0.6 is 0 Å². The Kier molecular flexibility index (Phi) is 4.55. The first-order valence-corrected chi connectivity index (χ1v) is 10.9. The second-order valence-corrected chi connectivity index (χ2v) is 9.52. The second kappa shape index (κ2) is 6.81. The Labute approximate surface area is 174 Å². The third-order valence-corrected chi connectivity index (χ3v) is 7.60. The lowest BCUT2D eigenvalue weighted by Gasteiger charge is -2.42. The summed E-state index contributed by atoms with van der Waals surface area (Å²) in [5.74, 6) is 0.718. The van der Waals surface area contributed by atoms with Gasteiger partial charge in [-0.3, -0.25) is 0 Å². The molecule has 3 atom stereocenters. The molecule has 30 heavy (non-hydrogen) atoms. The van der Waals surface area contributed by atoms with Gasteiger partial charge in [-0.15, -0.1) is 0 Å². The number of hydrogen-bond donors (Lipinski definition) is 1. The van der Waals surface area contributed by atoms with E-state index in [4.69, 9.17) is 0 Å². The molecule has 5 rings (SSSR count). The van der Waals surface area contributed by atoms with Gasteiger partial charge in [0, 0.05) is 11.5 Å². The fourth-order valence-electron chi connectivity index (χ4n) is 5.58. The third kappa shape index (κ3) is 3.17. The SMILES string of the molecule is CC(F)(c1ccc2c(c1)CCC1NCCC21Cc1ccc(C2CC2)cc1)C(F)(F)F. The van der Waals surface area contributed by atoms with Gasteiger partial charge in [0.15, 0.2) is 0 Å². The standard InChI is InChI=1S/C25H27F4N/c1-23(26,25(27,28)29)20-9-10-21-19(14-20)8-11-22-24(21,12-13-30-22)15-16-2-4-17(5-3-16)18-6-7-18/h2-5,9-10,14,18,22,30H,6-8,11-13,15H2,1H3. The van der Waals surface area contributed by atoms with Gasteiger partial charge in [0.05, 0.1) is 0 Å². The van der Waals surface area contributed by atoms with Gasteiger partial charge in [0.2, 0.25) is 5.67 Å². The maximum Gasteiger partial charge on any atom is 0.426 e. The monoisotopic (exact) mass is 417 g/mol. The van der Waals surface area contributed by atoms with E-state index in [1.54, 1.807) is 6.07 Å². The molecule has 1 N–H and O–H groups in total. The Bertz CT molecular complexity index is 943. The predicted molar refractivity (Wildman–Crippen MR) is 109 cm³/mol. The maximum atomic E-state index is 14.6. The van der Waals surface area contributed by atoms with E-state index >= 15 is 0 Å². The first kappa shape index (κ1) is 20.0. The minimum Gasteiger partial charge on any atom is -0.313 e. The van der Waals surface area contributed by atoms with Gasteiger partial charge < -0.3 is 5.32 Å². The molecule has 0 amide bonds. The van der Waals surface area contributed by atoms with Gasteiger partial charge in [0.1, 0.15) is 0 Å². The first-order valence-electron chi connectivity index (χ1n) is 10.9. The second-order valence-electron chi connectivity index (χ2n) is 9.52. The molecular weight excluding hydrogens is 390 g/mol. The summed E-state index contributed by atoms with van der Waals surface area (Å²) in [5, 5.41) is 3.62. The highest BCUT2D eigenvalue weighted by molar-refractivity contribution is 5.46. The molecule has 5 heteroatoms. The molecular formula is C25H27F4N. The lowest BCUT2D eigenvalue weighted by atomic mass is 9.63. The van der Waals surface area contributed by atoms with Gasteiger partial charge in [-0.1, -0.05) is 42.5 Å². The van der Waals surface area contributed by atoms with Crippen molar-refractivity contribution < 1.29 is 17.6 Å². The van der Waals surface area contributed by atoms with Gasteiger partial charge in [0.25, 0.3) is 0 Å². The number of rotatable bonds is 4. The van der Waals surface area contributed by atoms with Crippen LogP contribution in [-0.2, 0) is 23.9 Å². The van der Waals surface area contributed by atoms with Crippen LogP contribution in [0.25, 0.3) is 0 Å². The lowest BCUT2D eigenvalue weighted by molar-refractivity contribution is -0.228. The van der Waals surface area contributed by atoms with Gasteiger partial charge in [-0.05, 0) is 85.7 Å². The largest absolute Gasteiger partial charge is 0.426 e. The fourth-order valence-corrected chi connectivity index (χ4v) is 5.58. The summed E-state index contributed by atoms with van der Waals surface area (Å²) in [7, 11) is 0. The summed E-state index contributed by atoms with van der Waals surface area (Å²) in [6.07, 6.45) is 0.971. The Morgan fingerprint density at radius 2 is 1.73 bits per heavy atom. The van der Waals surface area contributed by atoms with Crippen LogP contribution in [-0.4, -0.2) is 18.8 Å². The minimum atomic E-state index is -4.92. The van der Waals surface area contributed by atoms with Crippen molar-refractivity contribution in [1.82, 2.24) is 5.32 Å². The molecule has 2 aromatic rings. The van der Waals surface area contributed by atoms with E-state index in [1.165, 1.54) is 36.1 Å². The highest BCUT2D eigenvalue weighted by atomic mass is 19.4. The zero-order chi connectivity index (χ0) is 21.1. The summed E-state index contributed by atoms with van der Waals surface area (Å²) in [5.41, 5.74) is 0.863. The van der Waals surface area contributed by atoms with Crippen molar-refractivity contribution in [2.24, 2.45) is 0 Å². The third-order valence-electron chi connectivity index (χ3n) is 7.60. The first-order chi connectivity index (χ1) is 14.2. The Balaban J connectivity index is 1.50. The number of hydrogen-bond acceptors (Lipinski definition) is 1. The van der Waals surface area contributed by atoms with Gasteiger partial charge in [-0.2, -0.15) is 13.2 Å². The van der Waals surface area contributed by atoms with Crippen LogP contribution < -0.4 is 5.32 Å². The number of fused-ring (bicyclic) bond motifs is 3. The molecule has 160 valence electrons. The topological polar surface area (TPSA) is 12.0 Å². The van der Waals surface area contributed by atoms with Crippen LogP contribution in [0, 0.1) is 0 Å². The quantitative estimate of drug-likeness (QED) is 0.593. The molecule has 1 nitrogen and oxygen atoms in total. The molecule has 2 fully saturated rings. The predicted octanol–water partition coefficient (Wildman–Crippen LogP) is 6.10. The van der Waals surface area contributed by atoms with Crippen molar-refractivity contribution >= 4 is 0 Å². The van der Waals surface area contributed by atoms with E-state index < -0.39 is 11.8 Å². The molecule has 1 saturated carbocycles. The molecule has 1 saturated heterocycles. The van der Waals surface area contributed by atoms with Crippen LogP contribution in [0.1, 0.15) is 66.3 Å². The van der Waals surface area contributed by atoms with Gasteiger partial charge >= 0.3 is 6.18 Å². The van der Waals surface area contributed by atoms with Crippen molar-refractivity contribution in [3.05, 3.63) is 70.3 Å². The Morgan fingerprint density at radius 3 is 2.40 bits per heavy atom. The van der Waals surface area contributed by atoms with Crippen LogP contribution in [0.2, 0.25) is 0 Å². The van der Waals surface area contributed by atoms with Crippen molar-refractivity contribution in [2.45, 2.75) is 74.7 Å². The number of halogens is 4. The van der Waals surface area contributed by atoms with E-state index in [9.17, 15) is 17.6 Å². The number of aryl methyl sites for hydroxylation is 1. The summed E-state index contributed by atoms with van der Waals surface area (Å²) in [6, 6.07) is 13.8. The summed E-state index contributed by atoms with van der Waals surface area (Å²) >= 11 is 0. The molecule has 1 aliphatic heterocycles. The molecule has 0 spiro atoms. The van der Waals surface area contributed by atoms with Crippen molar-refractivity contribution in [2.75, 3.05) is 6.54 Å². The van der Waals surface area contributed by atoms with E-state index in [0.717, 1.165) is 42.9 Å². The van der Waals surface area contributed by atoms with Crippen molar-refractivity contribution in [1.29, 1.82) is 0 Å². The molecule has 2 aromatic carbocycles. The average Bonchev–Trinajstić information content (AvgIpc) is 3.47. The van der Waals surface area contributed by atoms with Crippen LogP contribution in [0.3, 0.4) is 0 Å². The Hall–Kier alpha value is -1.88. The normalized spacial score (nSPS) is 28.0. The molecule has 3 unspecified atom stereocenters. The highest BCUT2D eigenvalue weighted by Crippen LogP contribution is 2.48.